The molecule has 0 atom stereocenters. The summed E-state index contributed by atoms with van der Waals surface area (Å²) in [5.74, 6) is -1.32. The molecule has 0 fully saturated rings. The Morgan fingerprint density at radius 1 is 1.21 bits per heavy atom. The summed E-state index contributed by atoms with van der Waals surface area (Å²) < 4.78 is 14.5. The van der Waals surface area contributed by atoms with Gasteiger partial charge in [-0.15, -0.1) is 0 Å². The molecule has 0 saturated heterocycles. The zero-order valence-electron chi connectivity index (χ0n) is 17.8. The fraction of sp³-hybridized carbons (Fsp3) is 0.167. The Morgan fingerprint density at radius 3 is 2.76 bits per heavy atom. The molecule has 1 aliphatic heterocycles. The Kier molecular flexibility index (Phi) is 6.03. The van der Waals surface area contributed by atoms with Crippen molar-refractivity contribution in [3.05, 3.63) is 97.0 Å². The van der Waals surface area contributed by atoms with Gasteiger partial charge in [-0.05, 0) is 42.3 Å². The third-order valence-electron chi connectivity index (χ3n) is 5.27. The zero-order chi connectivity index (χ0) is 23.5. The number of aromatic nitrogens is 2. The number of carbonyl (C=O) groups excluding carboxylic acids is 1. The van der Waals surface area contributed by atoms with Crippen LogP contribution in [0.1, 0.15) is 25.3 Å². The van der Waals surface area contributed by atoms with Crippen molar-refractivity contribution in [3.8, 4) is 11.6 Å². The number of aromatic amines is 1. The minimum absolute atomic E-state index is 0.0616. The topological polar surface area (TPSA) is 117 Å². The minimum Gasteiger partial charge on any atom is -0.494 e. The van der Waals surface area contributed by atoms with Crippen LogP contribution in [0, 0.1) is 5.82 Å². The van der Waals surface area contributed by atoms with E-state index < -0.39 is 22.9 Å². The average Bonchev–Trinajstić information content (AvgIpc) is 3.13. The van der Waals surface area contributed by atoms with Crippen LogP contribution in [0.3, 0.4) is 0 Å². The molecule has 0 radical (unpaired) electrons. The van der Waals surface area contributed by atoms with Gasteiger partial charge in [-0.2, -0.15) is 0 Å². The van der Waals surface area contributed by atoms with E-state index in [0.717, 1.165) is 21.4 Å². The van der Waals surface area contributed by atoms with E-state index in [9.17, 15) is 23.9 Å². The number of fused-ring (bicyclic) bond motifs is 1. The van der Waals surface area contributed by atoms with E-state index in [1.807, 2.05) is 24.3 Å². The normalized spacial score (nSPS) is 13.6. The first-order chi connectivity index (χ1) is 15.9. The number of rotatable bonds is 6. The minimum atomic E-state index is -0.900. The van der Waals surface area contributed by atoms with Gasteiger partial charge in [-0.1, -0.05) is 31.2 Å². The lowest BCUT2D eigenvalue weighted by atomic mass is 10.1. The molecule has 0 spiro atoms. The van der Waals surface area contributed by atoms with Crippen LogP contribution in [0.2, 0.25) is 0 Å². The molecule has 9 heteroatoms. The van der Waals surface area contributed by atoms with Crippen molar-refractivity contribution < 1.29 is 14.3 Å². The molecule has 2 heterocycles. The number of hydrogen-bond acceptors (Lipinski definition) is 5. The molecule has 33 heavy (non-hydrogen) atoms. The van der Waals surface area contributed by atoms with Crippen molar-refractivity contribution in [2.24, 2.45) is 4.99 Å². The molecule has 4 rings (SSSR count). The number of hydrogen-bond donors (Lipinski definition) is 3. The first kappa shape index (κ1) is 21.9. The SMILES string of the molecule is CCC(=O)NCCC1=c2ccccc2=NC1=Cc1c(O)n(-c2cccc(F)c2)c(=O)[nH]c1=O. The van der Waals surface area contributed by atoms with Gasteiger partial charge in [0.1, 0.15) is 11.4 Å². The summed E-state index contributed by atoms with van der Waals surface area (Å²) >= 11 is 0. The Labute approximate surface area is 187 Å². The van der Waals surface area contributed by atoms with Gasteiger partial charge in [-0.3, -0.25) is 14.6 Å². The molecule has 0 saturated carbocycles. The average molecular weight is 448 g/mol. The molecule has 8 nitrogen and oxygen atoms in total. The smallest absolute Gasteiger partial charge is 0.335 e. The van der Waals surface area contributed by atoms with Crippen LogP contribution in [0.4, 0.5) is 4.39 Å². The molecule has 1 aliphatic rings. The Bertz CT molecular complexity index is 1520. The highest BCUT2D eigenvalue weighted by Crippen LogP contribution is 2.24. The van der Waals surface area contributed by atoms with Crippen LogP contribution < -0.4 is 27.1 Å². The summed E-state index contributed by atoms with van der Waals surface area (Å²) in [5.41, 5.74) is -0.630. The number of nitrogens with zero attached hydrogens (tertiary/aromatic N) is 2. The van der Waals surface area contributed by atoms with Gasteiger partial charge in [0, 0.05) is 18.2 Å². The van der Waals surface area contributed by atoms with Crippen LogP contribution in [-0.2, 0) is 4.79 Å². The van der Waals surface area contributed by atoms with E-state index in [1.54, 1.807) is 6.92 Å². The highest BCUT2D eigenvalue weighted by Gasteiger charge is 2.18. The van der Waals surface area contributed by atoms with E-state index in [-0.39, 0.29) is 17.2 Å². The summed E-state index contributed by atoms with van der Waals surface area (Å²) in [6.07, 6.45) is 2.20. The van der Waals surface area contributed by atoms with Gasteiger partial charge in [-0.25, -0.2) is 18.7 Å². The monoisotopic (exact) mass is 448 g/mol. The lowest BCUT2D eigenvalue weighted by Gasteiger charge is -2.11. The van der Waals surface area contributed by atoms with E-state index in [2.05, 4.69) is 15.3 Å². The fourth-order valence-electron chi connectivity index (χ4n) is 3.66. The molecule has 0 aliphatic carbocycles. The molecular weight excluding hydrogens is 427 g/mol. The first-order valence-corrected chi connectivity index (χ1v) is 10.4. The summed E-state index contributed by atoms with van der Waals surface area (Å²) in [6.45, 7) is 2.13. The van der Waals surface area contributed by atoms with Crippen LogP contribution >= 0.6 is 0 Å². The first-order valence-electron chi connectivity index (χ1n) is 10.4. The van der Waals surface area contributed by atoms with Crippen LogP contribution in [-0.4, -0.2) is 27.1 Å². The number of allylic oxidation sites excluding steroid dienone is 1. The second-order valence-corrected chi connectivity index (χ2v) is 7.40. The molecule has 168 valence electrons. The van der Waals surface area contributed by atoms with Gasteiger partial charge >= 0.3 is 5.69 Å². The van der Waals surface area contributed by atoms with Crippen LogP contribution in [0.5, 0.6) is 5.88 Å². The number of amides is 1. The van der Waals surface area contributed by atoms with E-state index >= 15 is 0 Å². The summed E-state index contributed by atoms with van der Waals surface area (Å²) in [6, 6.07) is 12.5. The molecule has 3 N–H and O–H groups in total. The third-order valence-corrected chi connectivity index (χ3v) is 5.27. The van der Waals surface area contributed by atoms with Gasteiger partial charge in [0.25, 0.3) is 5.56 Å². The van der Waals surface area contributed by atoms with Gasteiger partial charge in [0.05, 0.1) is 16.7 Å². The molecule has 1 amide bonds. The van der Waals surface area contributed by atoms with Crippen molar-refractivity contribution in [2.45, 2.75) is 19.8 Å². The predicted molar refractivity (Wildman–Crippen MR) is 121 cm³/mol. The van der Waals surface area contributed by atoms with E-state index in [0.29, 0.717) is 30.4 Å². The number of benzene rings is 2. The maximum Gasteiger partial charge on any atom is 0.335 e. The number of H-pyrrole nitrogens is 1. The quantitative estimate of drug-likeness (QED) is 0.524. The number of nitrogens with one attached hydrogen (secondary N) is 2. The third kappa shape index (κ3) is 4.38. The molecule has 1 aromatic heterocycles. The highest BCUT2D eigenvalue weighted by molar-refractivity contribution is 5.78. The Balaban J connectivity index is 1.83. The summed E-state index contributed by atoms with van der Waals surface area (Å²) in [7, 11) is 0. The number of halogens is 1. The number of para-hydroxylation sites is 1. The fourth-order valence-corrected chi connectivity index (χ4v) is 3.66. The standard InChI is InChI=1S/C24H21FN4O4/c1-2-21(30)26-11-10-17-16-8-3-4-9-19(16)27-20(17)13-18-22(31)28-24(33)29(23(18)32)15-7-5-6-14(25)12-15/h3-9,12-13,32H,2,10-11H2,1H3,(H,26,30)(H,28,31,33). The van der Waals surface area contributed by atoms with Gasteiger partial charge < -0.3 is 10.4 Å². The zero-order valence-corrected chi connectivity index (χ0v) is 17.8. The molecular formula is C24H21FN4O4. The Hall–Kier alpha value is -4.27. The number of carbonyl (C=O) groups is 1. The van der Waals surface area contributed by atoms with Crippen molar-refractivity contribution in [1.82, 2.24) is 14.9 Å². The van der Waals surface area contributed by atoms with E-state index in [4.69, 9.17) is 0 Å². The highest BCUT2D eigenvalue weighted by atomic mass is 19.1. The second-order valence-electron chi connectivity index (χ2n) is 7.40. The Morgan fingerprint density at radius 2 is 2.00 bits per heavy atom. The van der Waals surface area contributed by atoms with Crippen LogP contribution in [0.25, 0.3) is 17.3 Å². The molecule has 2 aromatic carbocycles. The summed E-state index contributed by atoms with van der Waals surface area (Å²) in [4.78, 5) is 43.3. The molecule has 0 unspecified atom stereocenters. The van der Waals surface area contributed by atoms with Crippen molar-refractivity contribution >= 4 is 17.6 Å². The van der Waals surface area contributed by atoms with Gasteiger partial charge in [0.2, 0.25) is 11.8 Å². The molecule has 3 aromatic rings. The van der Waals surface area contributed by atoms with Crippen molar-refractivity contribution in [2.75, 3.05) is 6.54 Å². The maximum atomic E-state index is 13.7. The largest absolute Gasteiger partial charge is 0.494 e. The molecule has 0 bridgehead atoms. The lowest BCUT2D eigenvalue weighted by molar-refractivity contribution is -0.120. The van der Waals surface area contributed by atoms with Crippen molar-refractivity contribution in [1.29, 1.82) is 0 Å². The second kappa shape index (κ2) is 9.07. The van der Waals surface area contributed by atoms with E-state index in [1.165, 1.54) is 24.3 Å². The predicted octanol–water partition coefficient (Wildman–Crippen LogP) is 1.11. The maximum absolute atomic E-state index is 13.7. The lowest BCUT2D eigenvalue weighted by Crippen LogP contribution is -2.30. The van der Waals surface area contributed by atoms with Gasteiger partial charge in [0.15, 0.2) is 0 Å². The number of aromatic hydroxyl groups is 1. The van der Waals surface area contributed by atoms with Crippen molar-refractivity contribution in [3.63, 3.8) is 0 Å². The summed E-state index contributed by atoms with van der Waals surface area (Å²) in [5, 5.41) is 15.2. The van der Waals surface area contributed by atoms with Crippen LogP contribution in [0.15, 0.2) is 68.8 Å².